The van der Waals surface area contributed by atoms with Crippen LogP contribution < -0.4 is 0 Å². The molecule has 0 atom stereocenters. The molecule has 1 aliphatic rings. The average Bonchev–Trinajstić information content (AvgIpc) is 2.46. The van der Waals surface area contributed by atoms with E-state index in [-0.39, 0.29) is 11.5 Å². The third-order valence-corrected chi connectivity index (χ3v) is 4.60. The van der Waals surface area contributed by atoms with Gasteiger partial charge in [0.2, 0.25) is 0 Å². The number of nitrogens with zero attached hydrogens (tertiary/aromatic N) is 1. The number of aliphatic hydroxyl groups is 1. The lowest BCUT2D eigenvalue weighted by atomic mass is 9.81. The Balaban J connectivity index is 1.95. The fourth-order valence-electron chi connectivity index (χ4n) is 2.84. The molecule has 2 nitrogen and oxygen atoms in total. The van der Waals surface area contributed by atoms with Crippen molar-refractivity contribution in [3.63, 3.8) is 0 Å². The van der Waals surface area contributed by atoms with Crippen molar-refractivity contribution in [1.29, 1.82) is 0 Å². The topological polar surface area (TPSA) is 23.5 Å². The smallest absolute Gasteiger partial charge is 0.393 e. The Morgan fingerprint density at radius 3 is 2.05 bits per heavy atom. The minimum absolute atomic E-state index is 0.166. The molecule has 0 spiro atoms. The van der Waals surface area contributed by atoms with Crippen LogP contribution in [0.2, 0.25) is 0 Å². The Morgan fingerprint density at radius 2 is 1.55 bits per heavy atom. The highest BCUT2D eigenvalue weighted by molar-refractivity contribution is 5.29. The first kappa shape index (κ1) is 17.3. The second-order valence-corrected chi connectivity index (χ2v) is 6.78. The molecule has 0 unspecified atom stereocenters. The van der Waals surface area contributed by atoms with E-state index in [4.69, 9.17) is 0 Å². The summed E-state index contributed by atoms with van der Waals surface area (Å²) in [5, 5.41) is 9.51. The standard InChI is InChI=1S/C17H24F3NO/c1-16(2,9-12-21-10-7-15(22)8-11-21)13-3-5-14(6-4-13)17(18,19)20/h3-6,15,22H,7-12H2,1-2H3. The minimum atomic E-state index is -4.28. The van der Waals surface area contributed by atoms with E-state index >= 15 is 0 Å². The molecular weight excluding hydrogens is 291 g/mol. The first-order valence-electron chi connectivity index (χ1n) is 7.77. The van der Waals surface area contributed by atoms with Crippen molar-refractivity contribution in [3.8, 4) is 0 Å². The normalized spacial score (nSPS) is 18.6. The number of alkyl halides is 3. The van der Waals surface area contributed by atoms with Gasteiger partial charge >= 0.3 is 6.18 Å². The highest BCUT2D eigenvalue weighted by atomic mass is 19.4. The lowest BCUT2D eigenvalue weighted by molar-refractivity contribution is -0.137. The minimum Gasteiger partial charge on any atom is -0.393 e. The number of aliphatic hydroxyl groups excluding tert-OH is 1. The monoisotopic (exact) mass is 315 g/mol. The molecule has 1 aromatic carbocycles. The van der Waals surface area contributed by atoms with E-state index in [0.717, 1.165) is 56.6 Å². The van der Waals surface area contributed by atoms with Crippen molar-refractivity contribution in [2.75, 3.05) is 19.6 Å². The summed E-state index contributed by atoms with van der Waals surface area (Å²) in [7, 11) is 0. The molecule has 0 bridgehead atoms. The summed E-state index contributed by atoms with van der Waals surface area (Å²) in [5.74, 6) is 0. The van der Waals surface area contributed by atoms with Crippen LogP contribution in [0.4, 0.5) is 13.2 Å². The summed E-state index contributed by atoms with van der Waals surface area (Å²) in [4.78, 5) is 2.32. The van der Waals surface area contributed by atoms with Crippen molar-refractivity contribution in [2.45, 2.75) is 50.8 Å². The van der Waals surface area contributed by atoms with Gasteiger partial charge in [-0.15, -0.1) is 0 Å². The number of rotatable bonds is 4. The maximum atomic E-state index is 12.6. The predicted octanol–water partition coefficient (Wildman–Crippen LogP) is 3.83. The maximum absolute atomic E-state index is 12.6. The summed E-state index contributed by atoms with van der Waals surface area (Å²) in [6.07, 6.45) is -1.97. The lowest BCUT2D eigenvalue weighted by Gasteiger charge is -2.33. The molecule has 0 amide bonds. The summed E-state index contributed by atoms with van der Waals surface area (Å²) < 4.78 is 37.8. The summed E-state index contributed by atoms with van der Waals surface area (Å²) >= 11 is 0. The summed E-state index contributed by atoms with van der Waals surface area (Å²) in [5.41, 5.74) is 0.162. The Hall–Kier alpha value is -1.07. The van der Waals surface area contributed by atoms with E-state index in [0.29, 0.717) is 0 Å². The second-order valence-electron chi connectivity index (χ2n) is 6.78. The van der Waals surface area contributed by atoms with E-state index in [1.54, 1.807) is 12.1 Å². The molecule has 1 heterocycles. The molecule has 5 heteroatoms. The van der Waals surface area contributed by atoms with Gasteiger partial charge in [0.25, 0.3) is 0 Å². The number of benzene rings is 1. The zero-order chi connectivity index (χ0) is 16.4. The summed E-state index contributed by atoms with van der Waals surface area (Å²) in [6, 6.07) is 5.49. The number of hydrogen-bond acceptors (Lipinski definition) is 2. The average molecular weight is 315 g/mol. The van der Waals surface area contributed by atoms with Crippen molar-refractivity contribution in [1.82, 2.24) is 4.90 Å². The molecule has 124 valence electrons. The molecule has 22 heavy (non-hydrogen) atoms. The molecule has 0 aliphatic carbocycles. The number of piperidine rings is 1. The molecule has 1 fully saturated rings. The molecule has 1 N–H and O–H groups in total. The van der Waals surface area contributed by atoms with Crippen LogP contribution in [-0.2, 0) is 11.6 Å². The van der Waals surface area contributed by atoms with Gasteiger partial charge in [0.15, 0.2) is 0 Å². The van der Waals surface area contributed by atoms with E-state index in [1.807, 2.05) is 0 Å². The van der Waals surface area contributed by atoms with Gasteiger partial charge in [-0.2, -0.15) is 13.2 Å². The number of likely N-dealkylation sites (tertiary alicyclic amines) is 1. The van der Waals surface area contributed by atoms with Gasteiger partial charge < -0.3 is 10.0 Å². The van der Waals surface area contributed by atoms with Gasteiger partial charge in [0, 0.05) is 13.1 Å². The van der Waals surface area contributed by atoms with Crippen LogP contribution in [0.5, 0.6) is 0 Å². The fourth-order valence-corrected chi connectivity index (χ4v) is 2.84. The Morgan fingerprint density at radius 1 is 1.05 bits per heavy atom. The van der Waals surface area contributed by atoms with Crippen LogP contribution in [0.15, 0.2) is 24.3 Å². The highest BCUT2D eigenvalue weighted by Crippen LogP contribution is 2.33. The van der Waals surface area contributed by atoms with Crippen LogP contribution >= 0.6 is 0 Å². The van der Waals surface area contributed by atoms with Crippen molar-refractivity contribution in [2.24, 2.45) is 0 Å². The molecule has 0 aromatic heterocycles. The zero-order valence-corrected chi connectivity index (χ0v) is 13.2. The predicted molar refractivity (Wildman–Crippen MR) is 80.8 cm³/mol. The quantitative estimate of drug-likeness (QED) is 0.913. The van der Waals surface area contributed by atoms with E-state index in [2.05, 4.69) is 18.7 Å². The molecule has 1 saturated heterocycles. The Kier molecular flexibility index (Phi) is 5.17. The summed E-state index contributed by atoms with van der Waals surface area (Å²) in [6.45, 7) is 6.82. The zero-order valence-electron chi connectivity index (χ0n) is 13.2. The Bertz CT molecular complexity index is 474. The highest BCUT2D eigenvalue weighted by Gasteiger charge is 2.31. The van der Waals surface area contributed by atoms with Crippen LogP contribution in [0.1, 0.15) is 44.2 Å². The molecule has 0 radical (unpaired) electrons. The van der Waals surface area contributed by atoms with Gasteiger partial charge in [-0.25, -0.2) is 0 Å². The van der Waals surface area contributed by atoms with Crippen molar-refractivity contribution in [3.05, 3.63) is 35.4 Å². The van der Waals surface area contributed by atoms with Gasteiger partial charge in [0.1, 0.15) is 0 Å². The van der Waals surface area contributed by atoms with E-state index < -0.39 is 11.7 Å². The molecule has 1 aliphatic heterocycles. The van der Waals surface area contributed by atoms with Crippen molar-refractivity contribution < 1.29 is 18.3 Å². The molecular formula is C17H24F3NO. The van der Waals surface area contributed by atoms with Gasteiger partial charge in [-0.1, -0.05) is 26.0 Å². The third-order valence-electron chi connectivity index (χ3n) is 4.60. The Labute approximate surface area is 129 Å². The molecule has 1 aromatic rings. The van der Waals surface area contributed by atoms with Gasteiger partial charge in [-0.3, -0.25) is 0 Å². The SMILES string of the molecule is CC(C)(CCN1CCC(O)CC1)c1ccc(C(F)(F)F)cc1. The first-order chi connectivity index (χ1) is 10.2. The van der Waals surface area contributed by atoms with Gasteiger partial charge in [0.05, 0.1) is 11.7 Å². The van der Waals surface area contributed by atoms with Gasteiger partial charge in [-0.05, 0) is 48.9 Å². The molecule has 2 rings (SSSR count). The van der Waals surface area contributed by atoms with E-state index in [1.165, 1.54) is 0 Å². The van der Waals surface area contributed by atoms with Crippen LogP contribution in [0.25, 0.3) is 0 Å². The largest absolute Gasteiger partial charge is 0.416 e. The molecule has 0 saturated carbocycles. The number of hydrogen-bond donors (Lipinski definition) is 1. The fraction of sp³-hybridized carbons (Fsp3) is 0.647. The lowest BCUT2D eigenvalue weighted by Crippen LogP contribution is -2.38. The van der Waals surface area contributed by atoms with Crippen LogP contribution in [0.3, 0.4) is 0 Å². The first-order valence-corrected chi connectivity index (χ1v) is 7.77. The second kappa shape index (κ2) is 6.59. The number of halogens is 3. The third kappa shape index (κ3) is 4.46. The van der Waals surface area contributed by atoms with Crippen LogP contribution in [-0.4, -0.2) is 35.7 Å². The van der Waals surface area contributed by atoms with E-state index in [9.17, 15) is 18.3 Å². The van der Waals surface area contributed by atoms with Crippen LogP contribution in [0, 0.1) is 0 Å². The maximum Gasteiger partial charge on any atom is 0.416 e. The van der Waals surface area contributed by atoms with Crippen molar-refractivity contribution >= 4 is 0 Å².